The van der Waals surface area contributed by atoms with Gasteiger partial charge < -0.3 is 19.6 Å². The summed E-state index contributed by atoms with van der Waals surface area (Å²) in [5.41, 5.74) is 4.53. The minimum atomic E-state index is -0.265. The molecule has 1 saturated carbocycles. The first-order valence-corrected chi connectivity index (χ1v) is 14.3. The number of H-pyrrole nitrogens is 1. The second-order valence-corrected chi connectivity index (χ2v) is 10.7. The van der Waals surface area contributed by atoms with E-state index in [9.17, 15) is 14.4 Å². The van der Waals surface area contributed by atoms with Crippen LogP contribution in [-0.4, -0.2) is 39.3 Å². The van der Waals surface area contributed by atoms with E-state index < -0.39 is 0 Å². The number of carbonyl (C=O) groups is 2. The van der Waals surface area contributed by atoms with Gasteiger partial charge in [-0.3, -0.25) is 9.59 Å². The average molecular weight is 537 g/mol. The molecule has 0 aliphatic heterocycles. The van der Waals surface area contributed by atoms with E-state index in [2.05, 4.69) is 26.8 Å². The number of hydrogen-bond acceptors (Lipinski definition) is 6. The Morgan fingerprint density at radius 1 is 1.32 bits per heavy atom. The minimum absolute atomic E-state index is 0.126. The fourth-order valence-electron chi connectivity index (χ4n) is 5.54. The van der Waals surface area contributed by atoms with E-state index in [0.29, 0.717) is 23.7 Å². The van der Waals surface area contributed by atoms with Crippen LogP contribution in [0, 0.1) is 19.8 Å². The molecule has 0 spiro atoms. The maximum absolute atomic E-state index is 13.5. The zero-order valence-electron chi connectivity index (χ0n) is 22.7. The van der Waals surface area contributed by atoms with Gasteiger partial charge in [-0.1, -0.05) is 5.57 Å². The second-order valence-electron chi connectivity index (χ2n) is 9.85. The third-order valence-corrected chi connectivity index (χ3v) is 8.28. The van der Waals surface area contributed by atoms with E-state index in [1.165, 1.54) is 11.8 Å². The Bertz CT molecular complexity index is 1430. The summed E-state index contributed by atoms with van der Waals surface area (Å²) in [5, 5.41) is 3.79. The van der Waals surface area contributed by atoms with Crippen molar-refractivity contribution >= 4 is 34.7 Å². The number of amides is 1. The van der Waals surface area contributed by atoms with Crippen molar-refractivity contribution in [1.82, 2.24) is 19.9 Å². The number of carbonyl (C=O) groups excluding carboxylic acids is 2. The van der Waals surface area contributed by atoms with Crippen LogP contribution in [0.2, 0.25) is 0 Å². The van der Waals surface area contributed by atoms with Crippen molar-refractivity contribution < 1.29 is 14.3 Å². The van der Waals surface area contributed by atoms with Crippen LogP contribution in [0.5, 0.6) is 0 Å². The third-order valence-electron chi connectivity index (χ3n) is 7.48. The standard InChI is InChI=1S/C29H36N4O4S/c1-6-37-25(34)15-20-9-11-21(12-10-20)18(3)33-19(4)26(22-8-7-13-30-27(22)33)29(36)31-16-23-24(38-5)14-17(2)32-28(23)35/h7-8,13-15,18,21H,6,9-12,16H2,1-5H3,(H,31,36)(H,32,35)/t18-,21?/m1/s1. The number of nitrogens with zero attached hydrogens (tertiary/aromatic N) is 2. The number of thioether (sulfide) groups is 1. The number of aromatic amines is 1. The highest BCUT2D eigenvalue weighted by Crippen LogP contribution is 2.38. The van der Waals surface area contributed by atoms with Crippen LogP contribution < -0.4 is 10.9 Å². The average Bonchev–Trinajstić information content (AvgIpc) is 3.19. The summed E-state index contributed by atoms with van der Waals surface area (Å²) in [6, 6.07) is 5.83. The molecule has 3 aromatic rings. The normalized spacial score (nSPS) is 16.3. The van der Waals surface area contributed by atoms with Gasteiger partial charge in [-0.2, -0.15) is 0 Å². The summed E-state index contributed by atoms with van der Waals surface area (Å²) in [4.78, 5) is 46.3. The zero-order chi connectivity index (χ0) is 27.4. The molecule has 0 bridgehead atoms. The molecule has 3 heterocycles. The lowest BCUT2D eigenvalue weighted by Crippen LogP contribution is -2.28. The topological polar surface area (TPSA) is 106 Å². The van der Waals surface area contributed by atoms with Crippen molar-refractivity contribution in [2.24, 2.45) is 5.92 Å². The number of rotatable bonds is 8. The molecule has 4 rings (SSSR count). The van der Waals surface area contributed by atoms with Crippen molar-refractivity contribution in [3.8, 4) is 0 Å². The molecule has 1 amide bonds. The molecule has 0 aromatic carbocycles. The molecule has 1 fully saturated rings. The van der Waals surface area contributed by atoms with Crippen LogP contribution >= 0.6 is 11.8 Å². The molecule has 38 heavy (non-hydrogen) atoms. The van der Waals surface area contributed by atoms with Crippen LogP contribution in [0.4, 0.5) is 0 Å². The molecule has 3 aromatic heterocycles. The van der Waals surface area contributed by atoms with Crippen LogP contribution in [0.15, 0.2) is 45.7 Å². The van der Waals surface area contributed by atoms with E-state index in [1.807, 2.05) is 45.2 Å². The number of pyridine rings is 2. The van der Waals surface area contributed by atoms with Gasteiger partial charge in [-0.05, 0) is 83.8 Å². The first-order chi connectivity index (χ1) is 18.2. The number of fused-ring (bicyclic) bond motifs is 1. The number of esters is 1. The van der Waals surface area contributed by atoms with Gasteiger partial charge >= 0.3 is 5.97 Å². The molecular formula is C29H36N4O4S. The summed E-state index contributed by atoms with van der Waals surface area (Å²) in [5.74, 6) is -0.100. The summed E-state index contributed by atoms with van der Waals surface area (Å²) in [7, 11) is 0. The zero-order valence-corrected chi connectivity index (χ0v) is 23.5. The lowest BCUT2D eigenvalue weighted by Gasteiger charge is -2.31. The van der Waals surface area contributed by atoms with Crippen LogP contribution in [0.1, 0.15) is 72.9 Å². The predicted octanol–water partition coefficient (Wildman–Crippen LogP) is 5.23. The number of hydrogen-bond donors (Lipinski definition) is 2. The van der Waals surface area contributed by atoms with E-state index >= 15 is 0 Å². The minimum Gasteiger partial charge on any atom is -0.463 e. The molecule has 1 aliphatic rings. The quantitative estimate of drug-likeness (QED) is 0.232. The van der Waals surface area contributed by atoms with E-state index in [1.54, 1.807) is 12.3 Å². The van der Waals surface area contributed by atoms with Crippen LogP contribution in [-0.2, 0) is 16.1 Å². The van der Waals surface area contributed by atoms with Crippen molar-refractivity contribution in [1.29, 1.82) is 0 Å². The van der Waals surface area contributed by atoms with E-state index in [-0.39, 0.29) is 30.0 Å². The van der Waals surface area contributed by atoms with Gasteiger partial charge in [0, 0.05) is 52.1 Å². The number of ether oxygens (including phenoxy) is 1. The number of aryl methyl sites for hydroxylation is 1. The Morgan fingerprint density at radius 3 is 2.74 bits per heavy atom. The number of nitrogens with one attached hydrogen (secondary N) is 2. The molecular weight excluding hydrogens is 500 g/mol. The highest BCUT2D eigenvalue weighted by atomic mass is 32.2. The third kappa shape index (κ3) is 5.72. The number of allylic oxidation sites excluding steroid dienone is 1. The van der Waals surface area contributed by atoms with E-state index in [0.717, 1.165) is 58.6 Å². The molecule has 2 N–H and O–H groups in total. The molecule has 0 radical (unpaired) electrons. The van der Waals surface area contributed by atoms with Crippen molar-refractivity contribution in [2.45, 2.75) is 70.9 Å². The van der Waals surface area contributed by atoms with Gasteiger partial charge in [0.25, 0.3) is 11.5 Å². The Kier molecular flexibility index (Phi) is 8.76. The van der Waals surface area contributed by atoms with Crippen molar-refractivity contribution in [3.05, 3.63) is 68.9 Å². The maximum atomic E-state index is 13.5. The Morgan fingerprint density at radius 2 is 2.05 bits per heavy atom. The highest BCUT2D eigenvalue weighted by molar-refractivity contribution is 7.98. The summed E-state index contributed by atoms with van der Waals surface area (Å²) in [6.07, 6.45) is 8.94. The van der Waals surface area contributed by atoms with Crippen molar-refractivity contribution in [2.75, 3.05) is 12.9 Å². The van der Waals surface area contributed by atoms with E-state index in [4.69, 9.17) is 4.74 Å². The molecule has 0 unspecified atom stereocenters. The lowest BCUT2D eigenvalue weighted by atomic mass is 9.81. The fraction of sp³-hybridized carbons (Fsp3) is 0.448. The van der Waals surface area contributed by atoms with Crippen molar-refractivity contribution in [3.63, 3.8) is 0 Å². The Labute approximate surface area is 227 Å². The highest BCUT2D eigenvalue weighted by Gasteiger charge is 2.29. The molecule has 8 nitrogen and oxygen atoms in total. The molecule has 1 atom stereocenters. The second kappa shape index (κ2) is 12.0. The molecule has 202 valence electrons. The molecule has 9 heteroatoms. The molecule has 1 aliphatic carbocycles. The molecule has 0 saturated heterocycles. The summed E-state index contributed by atoms with van der Waals surface area (Å²) in [6.45, 7) is 8.33. The van der Waals surface area contributed by atoms with Crippen LogP contribution in [0.25, 0.3) is 11.0 Å². The van der Waals surface area contributed by atoms with Gasteiger partial charge in [0.05, 0.1) is 12.2 Å². The van der Waals surface area contributed by atoms with Gasteiger partial charge in [0.1, 0.15) is 5.65 Å². The van der Waals surface area contributed by atoms with Crippen LogP contribution in [0.3, 0.4) is 0 Å². The monoisotopic (exact) mass is 536 g/mol. The van der Waals surface area contributed by atoms with Gasteiger partial charge in [-0.15, -0.1) is 11.8 Å². The maximum Gasteiger partial charge on any atom is 0.330 e. The van der Waals surface area contributed by atoms with Gasteiger partial charge in [-0.25, -0.2) is 9.78 Å². The van der Waals surface area contributed by atoms with Gasteiger partial charge in [0.15, 0.2) is 0 Å². The smallest absolute Gasteiger partial charge is 0.330 e. The fourth-order valence-corrected chi connectivity index (χ4v) is 6.24. The first kappa shape index (κ1) is 27.7. The lowest BCUT2D eigenvalue weighted by molar-refractivity contribution is -0.137. The Hall–Kier alpha value is -3.33. The van der Waals surface area contributed by atoms with Gasteiger partial charge in [0.2, 0.25) is 0 Å². The largest absolute Gasteiger partial charge is 0.463 e. The SMILES string of the molecule is CCOC(=O)C=C1CCC([C@@H](C)n2c(C)c(C(=O)NCc3c(SC)cc(C)[nH]c3=O)c3cccnc32)CC1. The first-order valence-electron chi connectivity index (χ1n) is 13.1. The predicted molar refractivity (Wildman–Crippen MR) is 151 cm³/mol. The Balaban J connectivity index is 1.57. The summed E-state index contributed by atoms with van der Waals surface area (Å²) >= 11 is 1.49. The number of aromatic nitrogens is 3. The summed E-state index contributed by atoms with van der Waals surface area (Å²) < 4.78 is 7.25.